The zero-order valence-electron chi connectivity index (χ0n) is 29.6. The summed E-state index contributed by atoms with van der Waals surface area (Å²) in [6, 6.07) is 28.8. The summed E-state index contributed by atoms with van der Waals surface area (Å²) in [7, 11) is 8.67. The fourth-order valence-corrected chi connectivity index (χ4v) is 11.3. The Bertz CT molecular complexity index is 2480. The van der Waals surface area contributed by atoms with Crippen molar-refractivity contribution in [2.75, 3.05) is 38.0 Å². The summed E-state index contributed by atoms with van der Waals surface area (Å²) in [6.45, 7) is 9.09. The van der Waals surface area contributed by atoms with Crippen molar-refractivity contribution in [3.63, 3.8) is 0 Å². The van der Waals surface area contributed by atoms with Gasteiger partial charge in [0.1, 0.15) is 0 Å². The van der Waals surface area contributed by atoms with Gasteiger partial charge in [0.2, 0.25) is 0 Å². The zero-order chi connectivity index (χ0) is 34.1. The molecule has 6 heteroatoms. The molecule has 2 nitrogen and oxygen atoms in total. The molecule has 0 N–H and O–H groups in total. The van der Waals surface area contributed by atoms with E-state index in [1.54, 1.807) is 0 Å². The molecule has 0 aliphatic carbocycles. The number of hydrogen-bond donors (Lipinski definition) is 0. The summed E-state index contributed by atoms with van der Waals surface area (Å²) < 4.78 is 0. The normalized spacial score (nSPS) is 11.9. The third-order valence-electron chi connectivity index (χ3n) is 9.85. The highest BCUT2D eigenvalue weighted by molar-refractivity contribution is 7.20. The first kappa shape index (κ1) is 32.5. The van der Waals surface area contributed by atoms with Gasteiger partial charge in [0, 0.05) is 90.3 Å². The monoisotopic (exact) mass is 714 g/mol. The van der Waals surface area contributed by atoms with E-state index in [1.165, 1.54) is 105 Å². The summed E-state index contributed by atoms with van der Waals surface area (Å²) in [4.78, 5) is 14.1. The van der Waals surface area contributed by atoms with Crippen LogP contribution in [-0.4, -0.2) is 28.2 Å². The quantitative estimate of drug-likeness (QED) is 0.137. The Labute approximate surface area is 306 Å². The summed E-state index contributed by atoms with van der Waals surface area (Å²) in [6.07, 6.45) is 3.08. The van der Waals surface area contributed by atoms with Crippen molar-refractivity contribution >= 4 is 88.4 Å². The highest BCUT2D eigenvalue weighted by atomic mass is 32.1. The molecule has 0 radical (unpaired) electrons. The van der Waals surface area contributed by atoms with Crippen molar-refractivity contribution in [2.45, 2.75) is 47.0 Å². The maximum atomic E-state index is 2.52. The molecule has 248 valence electrons. The third-order valence-corrected chi connectivity index (χ3v) is 14.6. The van der Waals surface area contributed by atoms with Crippen LogP contribution in [0.3, 0.4) is 0 Å². The molecule has 0 aliphatic heterocycles. The first-order valence-electron chi connectivity index (χ1n) is 17.3. The van der Waals surface area contributed by atoms with Crippen LogP contribution < -0.4 is 9.80 Å². The van der Waals surface area contributed by atoms with Gasteiger partial charge in [-0.25, -0.2) is 0 Å². The van der Waals surface area contributed by atoms with Crippen LogP contribution in [0.5, 0.6) is 0 Å². The van der Waals surface area contributed by atoms with Gasteiger partial charge in [-0.1, -0.05) is 32.9 Å². The number of nitrogens with zero attached hydrogens (tertiary/aromatic N) is 2. The minimum atomic E-state index is 0.988. The molecule has 4 heterocycles. The Morgan fingerprint density at radius 2 is 0.918 bits per heavy atom. The Morgan fingerprint density at radius 3 is 1.31 bits per heavy atom. The first-order valence-corrected chi connectivity index (χ1v) is 20.5. The predicted octanol–water partition coefficient (Wildman–Crippen LogP) is 13.6. The molecule has 8 aromatic rings. The molecule has 4 aromatic carbocycles. The third kappa shape index (κ3) is 5.31. The lowest BCUT2D eigenvalue weighted by Gasteiger charge is -2.26. The van der Waals surface area contributed by atoms with E-state index in [9.17, 15) is 0 Å². The number of thiophene rings is 4. The Morgan fingerprint density at radius 1 is 0.469 bits per heavy atom. The van der Waals surface area contributed by atoms with Crippen LogP contribution in [0.1, 0.15) is 41.0 Å². The Balaban J connectivity index is 1.69. The molecule has 0 saturated carbocycles. The van der Waals surface area contributed by atoms with Crippen molar-refractivity contribution in [1.82, 2.24) is 0 Å². The van der Waals surface area contributed by atoms with Gasteiger partial charge in [-0.3, -0.25) is 0 Å². The lowest BCUT2D eigenvalue weighted by molar-refractivity contribution is 1.14. The van der Waals surface area contributed by atoms with Gasteiger partial charge in [0.05, 0.1) is 5.00 Å². The standard InChI is InChI=1S/C43H42N2S4/c1-9-25-20-29-38-30(21-25)41(35-17-14-28(11-3)48-35)43(36-18-19-37(49-36)45(7)8)32-23-26(44(5)6)22-31(39(32)38)42(33-15-12-24(4)46-33)40(29)34-16-13-27(10-2)47-34/h12-23H,9-11H2,1-8H3. The van der Waals surface area contributed by atoms with Gasteiger partial charge in [-0.15, -0.1) is 45.3 Å². The van der Waals surface area contributed by atoms with Crippen molar-refractivity contribution in [3.05, 3.63) is 93.0 Å². The second-order valence-electron chi connectivity index (χ2n) is 13.4. The Hall–Kier alpha value is -3.68. The van der Waals surface area contributed by atoms with E-state index in [-0.39, 0.29) is 0 Å². The molecular formula is C43H42N2S4. The maximum absolute atomic E-state index is 2.52. The molecule has 0 atom stereocenters. The van der Waals surface area contributed by atoms with Crippen LogP contribution in [0.4, 0.5) is 10.7 Å². The molecule has 0 saturated heterocycles. The minimum Gasteiger partial charge on any atom is -0.378 e. The van der Waals surface area contributed by atoms with Crippen LogP contribution in [0.2, 0.25) is 0 Å². The number of anilines is 2. The van der Waals surface area contributed by atoms with Crippen LogP contribution in [0, 0.1) is 6.92 Å². The largest absolute Gasteiger partial charge is 0.378 e. The SMILES string of the molecule is CCc1cc2c(-c3ccc(CC)s3)c(-c3ccc(C)s3)c3cc(N(C)C)cc4c(-c5ccc(N(C)C)s5)c(-c5ccc(CC)s5)c(c1)c2c34. The van der Waals surface area contributed by atoms with E-state index in [4.69, 9.17) is 0 Å². The van der Waals surface area contributed by atoms with Crippen molar-refractivity contribution < 1.29 is 0 Å². The molecule has 0 unspecified atom stereocenters. The summed E-state index contributed by atoms with van der Waals surface area (Å²) >= 11 is 7.75. The topological polar surface area (TPSA) is 6.48 Å². The smallest absolute Gasteiger partial charge is 0.0909 e. The van der Waals surface area contributed by atoms with Crippen LogP contribution in [0.25, 0.3) is 74.1 Å². The van der Waals surface area contributed by atoms with Crippen LogP contribution >= 0.6 is 45.3 Å². The van der Waals surface area contributed by atoms with Gasteiger partial charge >= 0.3 is 0 Å². The molecule has 0 fully saturated rings. The second-order valence-corrected chi connectivity index (χ2v) is 18.1. The van der Waals surface area contributed by atoms with E-state index in [1.807, 2.05) is 45.3 Å². The van der Waals surface area contributed by atoms with E-state index < -0.39 is 0 Å². The first-order chi connectivity index (χ1) is 23.7. The molecule has 0 bridgehead atoms. The number of aryl methyl sites for hydroxylation is 4. The zero-order valence-corrected chi connectivity index (χ0v) is 32.8. The van der Waals surface area contributed by atoms with Crippen molar-refractivity contribution in [1.29, 1.82) is 0 Å². The lowest BCUT2D eigenvalue weighted by atomic mass is 9.80. The van der Waals surface area contributed by atoms with E-state index in [0.29, 0.717) is 0 Å². The molecule has 0 aliphatic rings. The predicted molar refractivity (Wildman–Crippen MR) is 225 cm³/mol. The van der Waals surface area contributed by atoms with Gasteiger partial charge < -0.3 is 9.80 Å². The van der Waals surface area contributed by atoms with Crippen molar-refractivity contribution in [2.24, 2.45) is 0 Å². The average molecular weight is 715 g/mol. The fraction of sp³-hybridized carbons (Fsp3) is 0.256. The fourth-order valence-electron chi connectivity index (χ4n) is 7.36. The second kappa shape index (κ2) is 12.6. The number of rotatable bonds is 9. The maximum Gasteiger partial charge on any atom is 0.0909 e. The number of benzene rings is 4. The Kier molecular flexibility index (Phi) is 8.35. The summed E-state index contributed by atoms with van der Waals surface area (Å²) in [5, 5.41) is 9.53. The average Bonchev–Trinajstić information content (AvgIpc) is 3.93. The highest BCUT2D eigenvalue weighted by Crippen LogP contribution is 2.57. The number of hydrogen-bond acceptors (Lipinski definition) is 6. The van der Waals surface area contributed by atoms with E-state index in [0.717, 1.165) is 19.3 Å². The highest BCUT2D eigenvalue weighted by Gasteiger charge is 2.28. The summed E-state index contributed by atoms with van der Waals surface area (Å²) in [5.41, 5.74) is 8.14. The molecular weight excluding hydrogens is 673 g/mol. The summed E-state index contributed by atoms with van der Waals surface area (Å²) in [5.74, 6) is 0. The van der Waals surface area contributed by atoms with Crippen LogP contribution in [-0.2, 0) is 19.3 Å². The molecule has 4 aromatic heterocycles. The van der Waals surface area contributed by atoms with Gasteiger partial charge in [0.15, 0.2) is 0 Å². The minimum absolute atomic E-state index is 0.988. The lowest BCUT2D eigenvalue weighted by Crippen LogP contribution is -2.09. The van der Waals surface area contributed by atoms with Crippen LogP contribution in [0.15, 0.2) is 72.8 Å². The van der Waals surface area contributed by atoms with Gasteiger partial charge in [0.25, 0.3) is 0 Å². The van der Waals surface area contributed by atoms with Crippen molar-refractivity contribution in [3.8, 4) is 41.8 Å². The van der Waals surface area contributed by atoms with E-state index >= 15 is 0 Å². The molecule has 0 spiro atoms. The van der Waals surface area contributed by atoms with Gasteiger partial charge in [-0.2, -0.15) is 0 Å². The molecule has 49 heavy (non-hydrogen) atoms. The van der Waals surface area contributed by atoms with E-state index in [2.05, 4.69) is 138 Å². The van der Waals surface area contributed by atoms with Gasteiger partial charge in [-0.05, 0) is 125 Å². The molecule has 0 amide bonds. The molecule has 8 rings (SSSR count).